The van der Waals surface area contributed by atoms with Crippen LogP contribution in [0.3, 0.4) is 0 Å². The topological polar surface area (TPSA) is 43.3 Å². The molecule has 4 heteroatoms. The smallest absolute Gasteiger partial charge is 0.224 e. The minimum atomic E-state index is 0.0445. The summed E-state index contributed by atoms with van der Waals surface area (Å²) in [5, 5.41) is 4.30. The number of aryl methyl sites for hydroxylation is 1. The summed E-state index contributed by atoms with van der Waals surface area (Å²) in [7, 11) is 3.72. The lowest BCUT2D eigenvalue weighted by Crippen LogP contribution is -2.27. The molecule has 0 aliphatic carbocycles. The zero-order chi connectivity index (χ0) is 17.8. The molecule has 3 aromatic rings. The number of hydrogen-bond acceptors (Lipinski definition) is 2. The van der Waals surface area contributed by atoms with Gasteiger partial charge in [-0.15, -0.1) is 0 Å². The fourth-order valence-corrected chi connectivity index (χ4v) is 3.23. The SMILES string of the molecule is COc1ccc(CC(=O)NCCc2c(C)n(C)c3ccccc23)cc1. The van der Waals surface area contributed by atoms with Crippen molar-refractivity contribution >= 4 is 16.8 Å². The van der Waals surface area contributed by atoms with Crippen molar-refractivity contribution in [3.05, 3.63) is 65.4 Å². The number of nitrogens with one attached hydrogen (secondary N) is 1. The Morgan fingerprint density at radius 3 is 2.56 bits per heavy atom. The minimum Gasteiger partial charge on any atom is -0.497 e. The number of aromatic nitrogens is 1. The van der Waals surface area contributed by atoms with Crippen LogP contribution in [0.2, 0.25) is 0 Å². The largest absolute Gasteiger partial charge is 0.497 e. The number of rotatable bonds is 6. The van der Waals surface area contributed by atoms with Crippen LogP contribution in [-0.4, -0.2) is 24.1 Å². The number of para-hydroxylation sites is 1. The van der Waals surface area contributed by atoms with Crippen LogP contribution < -0.4 is 10.1 Å². The Balaban J connectivity index is 1.59. The summed E-state index contributed by atoms with van der Waals surface area (Å²) < 4.78 is 7.35. The summed E-state index contributed by atoms with van der Waals surface area (Å²) in [6, 6.07) is 16.0. The van der Waals surface area contributed by atoms with Gasteiger partial charge >= 0.3 is 0 Å². The summed E-state index contributed by atoms with van der Waals surface area (Å²) in [5.74, 6) is 0.846. The highest BCUT2D eigenvalue weighted by Gasteiger charge is 2.11. The summed E-state index contributed by atoms with van der Waals surface area (Å²) in [6.45, 7) is 2.78. The Bertz CT molecular complexity index is 879. The van der Waals surface area contributed by atoms with Gasteiger partial charge in [0.1, 0.15) is 5.75 Å². The third-order valence-electron chi connectivity index (χ3n) is 4.75. The lowest BCUT2D eigenvalue weighted by molar-refractivity contribution is -0.120. The van der Waals surface area contributed by atoms with Crippen molar-refractivity contribution in [2.24, 2.45) is 7.05 Å². The van der Waals surface area contributed by atoms with Crippen molar-refractivity contribution in [3.63, 3.8) is 0 Å². The van der Waals surface area contributed by atoms with Crippen LogP contribution in [0.4, 0.5) is 0 Å². The van der Waals surface area contributed by atoms with Crippen molar-refractivity contribution in [1.82, 2.24) is 9.88 Å². The average molecular weight is 336 g/mol. The molecule has 2 aromatic carbocycles. The van der Waals surface area contributed by atoms with Crippen molar-refractivity contribution in [2.45, 2.75) is 19.8 Å². The highest BCUT2D eigenvalue weighted by molar-refractivity contribution is 5.85. The molecule has 0 aliphatic heterocycles. The number of carbonyl (C=O) groups excluding carboxylic acids is 1. The highest BCUT2D eigenvalue weighted by Crippen LogP contribution is 2.24. The number of hydrogen-bond donors (Lipinski definition) is 1. The second kappa shape index (κ2) is 7.43. The van der Waals surface area contributed by atoms with Crippen LogP contribution in [0.15, 0.2) is 48.5 Å². The van der Waals surface area contributed by atoms with Gasteiger partial charge in [0.05, 0.1) is 13.5 Å². The second-order valence-corrected chi connectivity index (χ2v) is 6.26. The average Bonchev–Trinajstić information content (AvgIpc) is 2.87. The summed E-state index contributed by atoms with van der Waals surface area (Å²) in [4.78, 5) is 12.2. The van der Waals surface area contributed by atoms with E-state index in [9.17, 15) is 4.79 Å². The number of amides is 1. The molecule has 0 bridgehead atoms. The van der Waals surface area contributed by atoms with E-state index in [4.69, 9.17) is 4.74 Å². The van der Waals surface area contributed by atoms with Gasteiger partial charge in [-0.3, -0.25) is 4.79 Å². The summed E-state index contributed by atoms with van der Waals surface area (Å²) in [5.41, 5.74) is 4.78. The maximum Gasteiger partial charge on any atom is 0.224 e. The molecule has 1 N–H and O–H groups in total. The molecule has 0 aliphatic rings. The molecule has 4 nitrogen and oxygen atoms in total. The Morgan fingerprint density at radius 1 is 1.12 bits per heavy atom. The van der Waals surface area contributed by atoms with Crippen LogP contribution in [0.25, 0.3) is 10.9 Å². The molecule has 1 heterocycles. The number of fused-ring (bicyclic) bond motifs is 1. The first-order valence-corrected chi connectivity index (χ1v) is 8.52. The van der Waals surface area contributed by atoms with E-state index in [0.717, 1.165) is 17.7 Å². The molecule has 25 heavy (non-hydrogen) atoms. The first-order chi connectivity index (χ1) is 12.1. The number of carbonyl (C=O) groups is 1. The minimum absolute atomic E-state index is 0.0445. The van der Waals surface area contributed by atoms with Gasteiger partial charge < -0.3 is 14.6 Å². The normalized spacial score (nSPS) is 10.8. The highest BCUT2D eigenvalue weighted by atomic mass is 16.5. The lowest BCUT2D eigenvalue weighted by atomic mass is 10.1. The van der Waals surface area contributed by atoms with Crippen LogP contribution in [0, 0.1) is 6.92 Å². The Labute approximate surface area is 148 Å². The molecule has 0 unspecified atom stereocenters. The van der Waals surface area contributed by atoms with E-state index in [2.05, 4.69) is 48.1 Å². The van der Waals surface area contributed by atoms with Crippen molar-refractivity contribution in [2.75, 3.05) is 13.7 Å². The van der Waals surface area contributed by atoms with E-state index < -0.39 is 0 Å². The van der Waals surface area contributed by atoms with E-state index in [1.54, 1.807) is 7.11 Å². The number of nitrogens with zero attached hydrogens (tertiary/aromatic N) is 1. The second-order valence-electron chi connectivity index (χ2n) is 6.26. The van der Waals surface area contributed by atoms with Crippen molar-refractivity contribution < 1.29 is 9.53 Å². The Kier molecular flexibility index (Phi) is 5.08. The quantitative estimate of drug-likeness (QED) is 0.750. The number of methoxy groups -OCH3 is 1. The van der Waals surface area contributed by atoms with Gasteiger partial charge in [0, 0.05) is 30.2 Å². The van der Waals surface area contributed by atoms with Gasteiger partial charge in [0.25, 0.3) is 0 Å². The standard InChI is InChI=1S/C21H24N2O2/c1-15-18(19-6-4-5-7-20(19)23(15)2)12-13-22-21(24)14-16-8-10-17(25-3)11-9-16/h4-11H,12-14H2,1-3H3,(H,22,24). The maximum atomic E-state index is 12.2. The number of ether oxygens (including phenoxy) is 1. The molecule has 3 rings (SSSR count). The predicted octanol–water partition coefficient (Wildman–Crippen LogP) is 3.40. The molecule has 0 saturated carbocycles. The third-order valence-corrected chi connectivity index (χ3v) is 4.75. The lowest BCUT2D eigenvalue weighted by Gasteiger charge is -2.07. The zero-order valence-corrected chi connectivity index (χ0v) is 15.0. The predicted molar refractivity (Wildman–Crippen MR) is 101 cm³/mol. The van der Waals surface area contributed by atoms with Crippen LogP contribution in [0.1, 0.15) is 16.8 Å². The van der Waals surface area contributed by atoms with E-state index in [1.165, 1.54) is 22.2 Å². The molecular formula is C21H24N2O2. The van der Waals surface area contributed by atoms with E-state index >= 15 is 0 Å². The van der Waals surface area contributed by atoms with Gasteiger partial charge in [-0.05, 0) is 42.7 Å². The molecule has 0 atom stereocenters. The maximum absolute atomic E-state index is 12.2. The molecule has 0 radical (unpaired) electrons. The van der Waals surface area contributed by atoms with Gasteiger partial charge in [0.2, 0.25) is 5.91 Å². The Hall–Kier alpha value is -2.75. The zero-order valence-electron chi connectivity index (χ0n) is 15.0. The summed E-state index contributed by atoms with van der Waals surface area (Å²) >= 11 is 0. The first-order valence-electron chi connectivity index (χ1n) is 8.52. The number of benzene rings is 2. The molecule has 130 valence electrons. The molecule has 0 saturated heterocycles. The van der Waals surface area contributed by atoms with Gasteiger partial charge in [0.15, 0.2) is 0 Å². The Morgan fingerprint density at radius 2 is 1.84 bits per heavy atom. The van der Waals surface area contributed by atoms with Crippen molar-refractivity contribution in [3.8, 4) is 5.75 Å². The molecule has 1 aromatic heterocycles. The monoisotopic (exact) mass is 336 g/mol. The van der Waals surface area contributed by atoms with Crippen LogP contribution in [-0.2, 0) is 24.7 Å². The molecule has 0 fully saturated rings. The van der Waals surface area contributed by atoms with Gasteiger partial charge in [-0.2, -0.15) is 0 Å². The van der Waals surface area contributed by atoms with Gasteiger partial charge in [-0.25, -0.2) is 0 Å². The van der Waals surface area contributed by atoms with E-state index in [0.29, 0.717) is 13.0 Å². The summed E-state index contributed by atoms with van der Waals surface area (Å²) in [6.07, 6.45) is 1.22. The fourth-order valence-electron chi connectivity index (χ4n) is 3.23. The first kappa shape index (κ1) is 17.1. The van der Waals surface area contributed by atoms with Gasteiger partial charge in [-0.1, -0.05) is 30.3 Å². The van der Waals surface area contributed by atoms with E-state index in [-0.39, 0.29) is 5.91 Å². The van der Waals surface area contributed by atoms with Crippen molar-refractivity contribution in [1.29, 1.82) is 0 Å². The van der Waals surface area contributed by atoms with Crippen LogP contribution in [0.5, 0.6) is 5.75 Å². The van der Waals surface area contributed by atoms with E-state index in [1.807, 2.05) is 24.3 Å². The molecule has 1 amide bonds. The third kappa shape index (κ3) is 3.68. The molecule has 0 spiro atoms. The fraction of sp³-hybridized carbons (Fsp3) is 0.286. The molecular weight excluding hydrogens is 312 g/mol. The van der Waals surface area contributed by atoms with Crippen LogP contribution >= 0.6 is 0 Å².